The molecule has 2 unspecified atom stereocenters. The topological polar surface area (TPSA) is 63.2 Å². The fraction of sp³-hybridized carbons (Fsp3) is 0.889. The van der Waals surface area contributed by atoms with Crippen molar-refractivity contribution in [3.05, 3.63) is 0 Å². The quantitative estimate of drug-likeness (QED) is 0.344. The number of nitrogens with one attached hydrogen (secondary N) is 2. The molecule has 26 heavy (non-hydrogen) atoms. The fourth-order valence-electron chi connectivity index (χ4n) is 3.60. The highest BCUT2D eigenvalue weighted by Crippen LogP contribution is 2.18. The van der Waals surface area contributed by atoms with Crippen LogP contribution in [0.25, 0.3) is 0 Å². The second-order valence-electron chi connectivity index (χ2n) is 7.62. The Morgan fingerprint density at radius 2 is 1.85 bits per heavy atom. The van der Waals surface area contributed by atoms with Crippen molar-refractivity contribution in [3.63, 3.8) is 0 Å². The number of guanidine groups is 1. The lowest BCUT2D eigenvalue weighted by Gasteiger charge is -2.34. The number of aliphatic imine (C=N–C) groups is 1. The molecule has 0 radical (unpaired) electrons. The lowest BCUT2D eigenvalue weighted by molar-refractivity contribution is -0.130. The SMILES string of the molecule is CN=C(NCCN1CCN(C(C)=O)CC1)NC1CN(C(C)C)CC1C.I. The lowest BCUT2D eigenvalue weighted by atomic mass is 10.1. The molecule has 2 saturated heterocycles. The number of amides is 1. The number of halogens is 1. The predicted octanol–water partition coefficient (Wildman–Crippen LogP) is 0.662. The number of likely N-dealkylation sites (tertiary alicyclic amines) is 1. The largest absolute Gasteiger partial charge is 0.355 e. The molecule has 152 valence electrons. The molecular weight excluding hydrogens is 443 g/mol. The van der Waals surface area contributed by atoms with Crippen molar-refractivity contribution in [3.8, 4) is 0 Å². The molecule has 0 spiro atoms. The second kappa shape index (κ2) is 11.3. The van der Waals surface area contributed by atoms with Gasteiger partial charge in [0.15, 0.2) is 5.96 Å². The van der Waals surface area contributed by atoms with Crippen LogP contribution in [0.3, 0.4) is 0 Å². The van der Waals surface area contributed by atoms with E-state index in [2.05, 4.69) is 46.2 Å². The summed E-state index contributed by atoms with van der Waals surface area (Å²) in [6.45, 7) is 16.1. The number of nitrogens with zero attached hydrogens (tertiary/aromatic N) is 4. The van der Waals surface area contributed by atoms with Crippen LogP contribution < -0.4 is 10.6 Å². The third-order valence-corrected chi connectivity index (χ3v) is 5.45. The van der Waals surface area contributed by atoms with E-state index in [-0.39, 0.29) is 29.9 Å². The third-order valence-electron chi connectivity index (χ3n) is 5.45. The molecular formula is C18H37IN6O. The minimum Gasteiger partial charge on any atom is -0.355 e. The Kier molecular flexibility index (Phi) is 10.2. The Morgan fingerprint density at radius 1 is 1.19 bits per heavy atom. The van der Waals surface area contributed by atoms with Gasteiger partial charge in [-0.3, -0.25) is 19.6 Å². The molecule has 2 rings (SSSR count). The van der Waals surface area contributed by atoms with Crippen LogP contribution in [-0.2, 0) is 4.79 Å². The predicted molar refractivity (Wildman–Crippen MR) is 118 cm³/mol. The zero-order valence-corrected chi connectivity index (χ0v) is 19.3. The molecule has 0 aromatic carbocycles. The van der Waals surface area contributed by atoms with Gasteiger partial charge >= 0.3 is 0 Å². The van der Waals surface area contributed by atoms with Crippen LogP contribution >= 0.6 is 24.0 Å². The molecule has 0 saturated carbocycles. The summed E-state index contributed by atoms with van der Waals surface area (Å²) in [6.07, 6.45) is 0. The molecule has 1 amide bonds. The van der Waals surface area contributed by atoms with Gasteiger partial charge in [0.1, 0.15) is 0 Å². The van der Waals surface area contributed by atoms with Gasteiger partial charge in [0.05, 0.1) is 0 Å². The number of carbonyl (C=O) groups is 1. The summed E-state index contributed by atoms with van der Waals surface area (Å²) >= 11 is 0. The summed E-state index contributed by atoms with van der Waals surface area (Å²) in [6, 6.07) is 1.05. The van der Waals surface area contributed by atoms with E-state index < -0.39 is 0 Å². The smallest absolute Gasteiger partial charge is 0.219 e. The highest BCUT2D eigenvalue weighted by Gasteiger charge is 2.31. The molecule has 2 aliphatic rings. The summed E-state index contributed by atoms with van der Waals surface area (Å²) in [5.74, 6) is 1.70. The van der Waals surface area contributed by atoms with Crippen molar-refractivity contribution >= 4 is 35.8 Å². The minimum absolute atomic E-state index is 0. The van der Waals surface area contributed by atoms with E-state index in [4.69, 9.17) is 0 Å². The molecule has 7 nitrogen and oxygen atoms in total. The van der Waals surface area contributed by atoms with E-state index >= 15 is 0 Å². The van der Waals surface area contributed by atoms with E-state index in [0.29, 0.717) is 18.0 Å². The van der Waals surface area contributed by atoms with Gasteiger partial charge in [0.25, 0.3) is 0 Å². The van der Waals surface area contributed by atoms with Crippen molar-refractivity contribution in [2.45, 2.75) is 39.8 Å². The summed E-state index contributed by atoms with van der Waals surface area (Å²) in [4.78, 5) is 22.6. The molecule has 0 aromatic heterocycles. The van der Waals surface area contributed by atoms with Crippen molar-refractivity contribution in [2.75, 3.05) is 59.4 Å². The van der Waals surface area contributed by atoms with Gasteiger partial charge in [-0.25, -0.2) is 0 Å². The van der Waals surface area contributed by atoms with Crippen molar-refractivity contribution in [1.82, 2.24) is 25.3 Å². The van der Waals surface area contributed by atoms with Crippen LogP contribution in [0.4, 0.5) is 0 Å². The Morgan fingerprint density at radius 3 is 2.35 bits per heavy atom. The maximum absolute atomic E-state index is 11.4. The summed E-state index contributed by atoms with van der Waals surface area (Å²) in [5, 5.41) is 7.03. The zero-order chi connectivity index (χ0) is 18.4. The maximum Gasteiger partial charge on any atom is 0.219 e. The van der Waals surface area contributed by atoms with Crippen LogP contribution in [0.5, 0.6) is 0 Å². The van der Waals surface area contributed by atoms with E-state index in [9.17, 15) is 4.79 Å². The third kappa shape index (κ3) is 6.84. The monoisotopic (exact) mass is 480 g/mol. The fourth-order valence-corrected chi connectivity index (χ4v) is 3.60. The first-order valence-electron chi connectivity index (χ1n) is 9.59. The van der Waals surface area contributed by atoms with Gasteiger partial charge < -0.3 is 15.5 Å². The summed E-state index contributed by atoms with van der Waals surface area (Å²) < 4.78 is 0. The average Bonchev–Trinajstić information content (AvgIpc) is 2.95. The van der Waals surface area contributed by atoms with Crippen molar-refractivity contribution in [1.29, 1.82) is 0 Å². The van der Waals surface area contributed by atoms with Gasteiger partial charge in [0.2, 0.25) is 5.91 Å². The normalized spacial score (nSPS) is 25.3. The van der Waals surface area contributed by atoms with Crippen LogP contribution in [0.15, 0.2) is 4.99 Å². The molecule has 2 aliphatic heterocycles. The number of piperazine rings is 1. The molecule has 0 aliphatic carbocycles. The van der Waals surface area contributed by atoms with Gasteiger partial charge in [-0.05, 0) is 19.8 Å². The summed E-state index contributed by atoms with van der Waals surface area (Å²) in [5.41, 5.74) is 0. The molecule has 2 N–H and O–H groups in total. The van der Waals surface area contributed by atoms with Crippen molar-refractivity contribution < 1.29 is 4.79 Å². The standard InChI is InChI=1S/C18H36N6O.HI/c1-14(2)24-12-15(3)17(13-24)21-18(19-5)20-6-7-22-8-10-23(11-9-22)16(4)25;/h14-15,17H,6-13H2,1-5H3,(H2,19,20,21);1H. The first-order chi connectivity index (χ1) is 11.9. The minimum atomic E-state index is 0. The Bertz CT molecular complexity index is 465. The molecule has 2 fully saturated rings. The maximum atomic E-state index is 11.4. The van der Waals surface area contributed by atoms with E-state index in [0.717, 1.165) is 58.3 Å². The second-order valence-corrected chi connectivity index (χ2v) is 7.62. The Labute approximate surface area is 176 Å². The summed E-state index contributed by atoms with van der Waals surface area (Å²) in [7, 11) is 1.83. The molecule has 2 atom stereocenters. The van der Waals surface area contributed by atoms with Crippen LogP contribution in [0, 0.1) is 5.92 Å². The Balaban J connectivity index is 0.00000338. The van der Waals surface area contributed by atoms with Crippen LogP contribution in [0.1, 0.15) is 27.7 Å². The van der Waals surface area contributed by atoms with E-state index in [1.54, 1.807) is 6.92 Å². The molecule has 8 heteroatoms. The van der Waals surface area contributed by atoms with Gasteiger partial charge in [-0.15, -0.1) is 24.0 Å². The van der Waals surface area contributed by atoms with Crippen LogP contribution in [-0.4, -0.2) is 98.1 Å². The average molecular weight is 480 g/mol. The number of rotatable bonds is 5. The number of hydrogen-bond donors (Lipinski definition) is 2. The van der Waals surface area contributed by atoms with Crippen molar-refractivity contribution in [2.24, 2.45) is 10.9 Å². The Hall–Kier alpha value is -0.610. The molecule has 2 heterocycles. The molecule has 0 bridgehead atoms. The van der Waals surface area contributed by atoms with Crippen LogP contribution in [0.2, 0.25) is 0 Å². The molecule has 0 aromatic rings. The number of carbonyl (C=O) groups excluding carboxylic acids is 1. The highest BCUT2D eigenvalue weighted by atomic mass is 127. The first kappa shape index (κ1) is 23.4. The van der Waals surface area contributed by atoms with Gasteiger partial charge in [-0.1, -0.05) is 6.92 Å². The lowest BCUT2D eigenvalue weighted by Crippen LogP contribution is -2.51. The highest BCUT2D eigenvalue weighted by molar-refractivity contribution is 14.0. The van der Waals surface area contributed by atoms with Gasteiger partial charge in [0, 0.05) is 78.4 Å². The number of hydrogen-bond acceptors (Lipinski definition) is 4. The first-order valence-corrected chi connectivity index (χ1v) is 9.59. The van der Waals surface area contributed by atoms with E-state index in [1.165, 1.54) is 0 Å². The van der Waals surface area contributed by atoms with Gasteiger partial charge in [-0.2, -0.15) is 0 Å². The van der Waals surface area contributed by atoms with E-state index in [1.807, 2.05) is 11.9 Å². The zero-order valence-electron chi connectivity index (χ0n) is 17.0.